The molecule has 76 valence electrons. The van der Waals surface area contributed by atoms with Gasteiger partial charge in [-0.25, -0.2) is 4.79 Å². The number of phenols is 1. The van der Waals surface area contributed by atoms with Crippen molar-refractivity contribution >= 4 is 5.97 Å². The van der Waals surface area contributed by atoms with Gasteiger partial charge >= 0.3 is 11.9 Å². The van der Waals surface area contributed by atoms with Crippen LogP contribution in [0, 0.1) is 0 Å². The normalized spacial score (nSPS) is 11.3. The summed E-state index contributed by atoms with van der Waals surface area (Å²) in [5.41, 5.74) is 0.162. The molecular formula is C9H8F2O3. The SMILES string of the molecule is O=C(O)C(F)(F)Cc1ccc(O)cc1. The van der Waals surface area contributed by atoms with E-state index >= 15 is 0 Å². The number of halogens is 2. The van der Waals surface area contributed by atoms with Gasteiger partial charge in [-0.05, 0) is 17.7 Å². The maximum absolute atomic E-state index is 12.7. The summed E-state index contributed by atoms with van der Waals surface area (Å²) < 4.78 is 25.3. The second-order valence-corrected chi connectivity index (χ2v) is 2.85. The zero-order valence-electron chi connectivity index (χ0n) is 7.08. The molecule has 5 heteroatoms. The molecule has 0 radical (unpaired) electrons. The summed E-state index contributed by atoms with van der Waals surface area (Å²) >= 11 is 0. The topological polar surface area (TPSA) is 57.5 Å². The Labute approximate surface area is 78.6 Å². The van der Waals surface area contributed by atoms with Gasteiger partial charge in [0.2, 0.25) is 0 Å². The van der Waals surface area contributed by atoms with Crippen LogP contribution in [-0.4, -0.2) is 22.1 Å². The Bertz CT molecular complexity index is 332. The van der Waals surface area contributed by atoms with E-state index in [9.17, 15) is 13.6 Å². The van der Waals surface area contributed by atoms with Crippen LogP contribution < -0.4 is 0 Å². The lowest BCUT2D eigenvalue weighted by molar-refractivity contribution is -0.164. The zero-order valence-corrected chi connectivity index (χ0v) is 7.08. The number of benzene rings is 1. The van der Waals surface area contributed by atoms with Crippen LogP contribution in [0.4, 0.5) is 8.78 Å². The first-order valence-corrected chi connectivity index (χ1v) is 3.81. The molecule has 1 rings (SSSR count). The van der Waals surface area contributed by atoms with E-state index in [1.165, 1.54) is 24.3 Å². The van der Waals surface area contributed by atoms with Crippen LogP contribution in [0.25, 0.3) is 0 Å². The van der Waals surface area contributed by atoms with Crippen molar-refractivity contribution < 1.29 is 23.8 Å². The van der Waals surface area contributed by atoms with Crippen LogP contribution in [0.5, 0.6) is 5.75 Å². The third-order valence-corrected chi connectivity index (χ3v) is 1.68. The first kappa shape index (κ1) is 10.4. The predicted octanol–water partition coefficient (Wildman–Crippen LogP) is 1.65. The number of aromatic hydroxyl groups is 1. The molecule has 0 bridgehead atoms. The van der Waals surface area contributed by atoms with Crippen molar-refractivity contribution in [2.45, 2.75) is 12.3 Å². The Hall–Kier alpha value is -1.65. The molecule has 0 atom stereocenters. The number of phenolic OH excluding ortho intramolecular Hbond substituents is 1. The fourth-order valence-electron chi connectivity index (χ4n) is 0.946. The van der Waals surface area contributed by atoms with E-state index in [2.05, 4.69) is 0 Å². The molecule has 2 N–H and O–H groups in total. The Kier molecular flexibility index (Phi) is 2.69. The molecule has 0 spiro atoms. The number of hydrogen-bond acceptors (Lipinski definition) is 2. The first-order chi connectivity index (χ1) is 6.42. The van der Waals surface area contributed by atoms with Crippen LogP contribution in [0.2, 0.25) is 0 Å². The highest BCUT2D eigenvalue weighted by Crippen LogP contribution is 2.21. The molecule has 0 aromatic heterocycles. The average molecular weight is 202 g/mol. The maximum Gasteiger partial charge on any atom is 0.374 e. The molecule has 1 aromatic carbocycles. The van der Waals surface area contributed by atoms with Gasteiger partial charge in [0.1, 0.15) is 5.75 Å². The lowest BCUT2D eigenvalue weighted by Crippen LogP contribution is -2.30. The minimum Gasteiger partial charge on any atom is -0.508 e. The van der Waals surface area contributed by atoms with E-state index in [-0.39, 0.29) is 11.3 Å². The fraction of sp³-hybridized carbons (Fsp3) is 0.222. The third-order valence-electron chi connectivity index (χ3n) is 1.68. The van der Waals surface area contributed by atoms with Crippen molar-refractivity contribution in [1.29, 1.82) is 0 Å². The average Bonchev–Trinajstić information content (AvgIpc) is 2.08. The highest BCUT2D eigenvalue weighted by Gasteiger charge is 2.38. The number of aliphatic carboxylic acids is 1. The van der Waals surface area contributed by atoms with Gasteiger partial charge in [-0.3, -0.25) is 0 Å². The molecule has 3 nitrogen and oxygen atoms in total. The van der Waals surface area contributed by atoms with Crippen LogP contribution >= 0.6 is 0 Å². The minimum atomic E-state index is -3.77. The van der Waals surface area contributed by atoms with Crippen molar-refractivity contribution in [3.05, 3.63) is 29.8 Å². The van der Waals surface area contributed by atoms with Gasteiger partial charge in [0.25, 0.3) is 0 Å². The summed E-state index contributed by atoms with van der Waals surface area (Å²) in [7, 11) is 0. The largest absolute Gasteiger partial charge is 0.508 e. The first-order valence-electron chi connectivity index (χ1n) is 3.81. The Morgan fingerprint density at radius 2 is 1.79 bits per heavy atom. The molecule has 0 fully saturated rings. The molecule has 14 heavy (non-hydrogen) atoms. The standard InChI is InChI=1S/C9H8F2O3/c10-9(11,8(13)14)5-6-1-3-7(12)4-2-6/h1-4,12H,5H2,(H,13,14). The van der Waals surface area contributed by atoms with Gasteiger partial charge < -0.3 is 10.2 Å². The summed E-state index contributed by atoms with van der Waals surface area (Å²) in [5, 5.41) is 17.0. The van der Waals surface area contributed by atoms with Crippen molar-refractivity contribution in [1.82, 2.24) is 0 Å². The van der Waals surface area contributed by atoms with Crippen LogP contribution in [-0.2, 0) is 11.2 Å². The molecule has 0 aliphatic rings. The van der Waals surface area contributed by atoms with Gasteiger partial charge in [-0.1, -0.05) is 12.1 Å². The van der Waals surface area contributed by atoms with Gasteiger partial charge in [0, 0.05) is 6.42 Å². The lowest BCUT2D eigenvalue weighted by Gasteiger charge is -2.10. The maximum atomic E-state index is 12.7. The molecular weight excluding hydrogens is 194 g/mol. The smallest absolute Gasteiger partial charge is 0.374 e. The molecule has 1 aromatic rings. The Morgan fingerprint density at radius 1 is 1.29 bits per heavy atom. The van der Waals surface area contributed by atoms with E-state index in [4.69, 9.17) is 10.2 Å². The van der Waals surface area contributed by atoms with Crippen molar-refractivity contribution in [3.8, 4) is 5.75 Å². The second kappa shape index (κ2) is 3.61. The minimum absolute atomic E-state index is 0.0487. The van der Waals surface area contributed by atoms with Gasteiger partial charge in [0.15, 0.2) is 0 Å². The van der Waals surface area contributed by atoms with Crippen molar-refractivity contribution in [2.24, 2.45) is 0 Å². The van der Waals surface area contributed by atoms with Gasteiger partial charge in [-0.15, -0.1) is 0 Å². The van der Waals surface area contributed by atoms with Gasteiger partial charge in [0.05, 0.1) is 0 Å². The highest BCUT2D eigenvalue weighted by molar-refractivity contribution is 5.75. The molecule has 0 heterocycles. The highest BCUT2D eigenvalue weighted by atomic mass is 19.3. The number of alkyl halides is 2. The van der Waals surface area contributed by atoms with E-state index in [0.717, 1.165) is 0 Å². The van der Waals surface area contributed by atoms with Crippen molar-refractivity contribution in [2.75, 3.05) is 0 Å². The van der Waals surface area contributed by atoms with Gasteiger partial charge in [-0.2, -0.15) is 8.78 Å². The Morgan fingerprint density at radius 3 is 2.21 bits per heavy atom. The second-order valence-electron chi connectivity index (χ2n) is 2.85. The number of carbonyl (C=O) groups is 1. The summed E-state index contributed by atoms with van der Waals surface area (Å²) in [6.45, 7) is 0. The zero-order chi connectivity index (χ0) is 10.8. The summed E-state index contributed by atoms with van der Waals surface area (Å²) in [6, 6.07) is 4.97. The number of carboxylic acid groups (broad SMARTS) is 1. The van der Waals surface area contributed by atoms with E-state index in [1.54, 1.807) is 0 Å². The summed E-state index contributed by atoms with van der Waals surface area (Å²) in [6.07, 6.45) is -0.872. The quantitative estimate of drug-likeness (QED) is 0.783. The van der Waals surface area contributed by atoms with Crippen molar-refractivity contribution in [3.63, 3.8) is 0 Å². The fourth-order valence-corrected chi connectivity index (χ4v) is 0.946. The van der Waals surface area contributed by atoms with Crippen LogP contribution in [0.15, 0.2) is 24.3 Å². The molecule has 0 amide bonds. The molecule has 0 aliphatic carbocycles. The van der Waals surface area contributed by atoms with Crippen LogP contribution in [0.3, 0.4) is 0 Å². The summed E-state index contributed by atoms with van der Waals surface area (Å²) in [4.78, 5) is 10.1. The number of hydrogen-bond donors (Lipinski definition) is 2. The molecule has 0 unspecified atom stereocenters. The summed E-state index contributed by atoms with van der Waals surface area (Å²) in [5.74, 6) is -5.96. The van der Waals surface area contributed by atoms with E-state index < -0.39 is 18.3 Å². The predicted molar refractivity (Wildman–Crippen MR) is 44.4 cm³/mol. The Balaban J connectivity index is 2.79. The molecule has 0 saturated heterocycles. The lowest BCUT2D eigenvalue weighted by atomic mass is 10.1. The molecule has 0 saturated carbocycles. The van der Waals surface area contributed by atoms with E-state index in [1.807, 2.05) is 0 Å². The molecule has 0 aliphatic heterocycles. The number of rotatable bonds is 3. The van der Waals surface area contributed by atoms with Crippen LogP contribution in [0.1, 0.15) is 5.56 Å². The third kappa shape index (κ3) is 2.42. The number of carboxylic acids is 1. The monoisotopic (exact) mass is 202 g/mol. The van der Waals surface area contributed by atoms with E-state index in [0.29, 0.717) is 0 Å².